The number of hydrogen-bond donors (Lipinski definition) is 0. The van der Waals surface area contributed by atoms with E-state index in [4.69, 9.17) is 0 Å². The second-order valence-corrected chi connectivity index (χ2v) is 2.44. The molecule has 0 aliphatic rings. The summed E-state index contributed by atoms with van der Waals surface area (Å²) in [7, 11) is 0. The maximum atomic E-state index is 12.8. The van der Waals surface area contributed by atoms with Gasteiger partial charge in [-0.1, -0.05) is 19.1 Å². The van der Waals surface area contributed by atoms with Crippen molar-refractivity contribution in [3.8, 4) is 0 Å². The van der Waals surface area contributed by atoms with Crippen molar-refractivity contribution in [2.75, 3.05) is 0 Å². The first-order chi connectivity index (χ1) is 4.74. The molecule has 0 bridgehead atoms. The lowest BCUT2D eigenvalue weighted by atomic mass is 10.1. The van der Waals surface area contributed by atoms with Crippen LogP contribution in [0.3, 0.4) is 0 Å². The second-order valence-electron chi connectivity index (χ2n) is 2.44. The van der Waals surface area contributed by atoms with Gasteiger partial charge in [-0.25, -0.2) is 4.39 Å². The monoisotopic (exact) mass is 138 g/mol. The fraction of sp³-hybridized carbons (Fsp3) is 0.333. The number of hydrogen-bond acceptors (Lipinski definition) is 0. The van der Waals surface area contributed by atoms with Crippen LogP contribution in [0.5, 0.6) is 0 Å². The Hall–Kier alpha value is -0.850. The average Bonchev–Trinajstić information content (AvgIpc) is 1.95. The number of benzene rings is 1. The van der Waals surface area contributed by atoms with Gasteiger partial charge in [0.05, 0.1) is 0 Å². The molecular formula is C9H11F. The minimum atomic E-state index is -0.0978. The van der Waals surface area contributed by atoms with Crippen LogP contribution in [0, 0.1) is 12.7 Å². The summed E-state index contributed by atoms with van der Waals surface area (Å²) in [5.41, 5.74) is 1.78. The van der Waals surface area contributed by atoms with Crippen LogP contribution >= 0.6 is 0 Å². The molecule has 0 amide bonds. The summed E-state index contributed by atoms with van der Waals surface area (Å²) in [5, 5.41) is 0. The fourth-order valence-corrected chi connectivity index (χ4v) is 0.856. The van der Waals surface area contributed by atoms with E-state index in [9.17, 15) is 4.39 Å². The molecule has 1 aromatic carbocycles. The normalized spacial score (nSPS) is 9.90. The Bertz CT molecular complexity index is 228. The lowest BCUT2D eigenvalue weighted by Gasteiger charge is -1.98. The predicted octanol–water partition coefficient (Wildman–Crippen LogP) is 2.70. The van der Waals surface area contributed by atoms with Crippen LogP contribution in [0.25, 0.3) is 0 Å². The first-order valence-corrected chi connectivity index (χ1v) is 3.49. The van der Waals surface area contributed by atoms with E-state index in [1.165, 1.54) is 0 Å². The van der Waals surface area contributed by atoms with E-state index in [1.807, 2.05) is 19.1 Å². The topological polar surface area (TPSA) is 0 Å². The summed E-state index contributed by atoms with van der Waals surface area (Å²) >= 11 is 0. The van der Waals surface area contributed by atoms with Crippen molar-refractivity contribution in [2.45, 2.75) is 20.3 Å². The van der Waals surface area contributed by atoms with E-state index in [1.54, 1.807) is 13.0 Å². The molecule has 0 N–H and O–H groups in total. The molecule has 0 aliphatic carbocycles. The van der Waals surface area contributed by atoms with Crippen molar-refractivity contribution in [3.05, 3.63) is 35.1 Å². The Labute approximate surface area is 60.7 Å². The SMILES string of the molecule is CCc1ccc(C)c(F)c1. The molecule has 1 aromatic rings. The third-order valence-corrected chi connectivity index (χ3v) is 1.64. The maximum Gasteiger partial charge on any atom is 0.126 e. The van der Waals surface area contributed by atoms with Crippen molar-refractivity contribution in [1.29, 1.82) is 0 Å². The summed E-state index contributed by atoms with van der Waals surface area (Å²) in [5.74, 6) is -0.0978. The van der Waals surface area contributed by atoms with Gasteiger partial charge in [-0.2, -0.15) is 0 Å². The van der Waals surface area contributed by atoms with Gasteiger partial charge in [-0.05, 0) is 30.5 Å². The molecule has 1 heteroatoms. The molecule has 0 heterocycles. The quantitative estimate of drug-likeness (QED) is 0.559. The summed E-state index contributed by atoms with van der Waals surface area (Å²) in [6.07, 6.45) is 0.900. The van der Waals surface area contributed by atoms with Crippen LogP contribution in [0.2, 0.25) is 0 Å². The van der Waals surface area contributed by atoms with Crippen LogP contribution in [-0.4, -0.2) is 0 Å². The number of halogens is 1. The molecule has 1 rings (SSSR count). The van der Waals surface area contributed by atoms with Crippen molar-refractivity contribution in [2.24, 2.45) is 0 Å². The molecule has 0 radical (unpaired) electrons. The van der Waals surface area contributed by atoms with Crippen LogP contribution < -0.4 is 0 Å². The van der Waals surface area contributed by atoms with Crippen LogP contribution in [0.15, 0.2) is 18.2 Å². The largest absolute Gasteiger partial charge is 0.207 e. The Morgan fingerprint density at radius 3 is 2.60 bits per heavy atom. The van der Waals surface area contributed by atoms with Gasteiger partial charge in [0, 0.05) is 0 Å². The van der Waals surface area contributed by atoms with E-state index in [0.29, 0.717) is 0 Å². The molecule has 10 heavy (non-hydrogen) atoms. The third kappa shape index (κ3) is 1.35. The summed E-state index contributed by atoms with van der Waals surface area (Å²) in [6, 6.07) is 5.36. The highest BCUT2D eigenvalue weighted by Crippen LogP contribution is 2.08. The molecule has 0 unspecified atom stereocenters. The minimum absolute atomic E-state index is 0.0978. The van der Waals surface area contributed by atoms with E-state index >= 15 is 0 Å². The van der Waals surface area contributed by atoms with Gasteiger partial charge in [-0.15, -0.1) is 0 Å². The number of rotatable bonds is 1. The molecule has 0 saturated heterocycles. The van der Waals surface area contributed by atoms with Crippen molar-refractivity contribution in [3.63, 3.8) is 0 Å². The van der Waals surface area contributed by atoms with Gasteiger partial charge in [0.2, 0.25) is 0 Å². The maximum absolute atomic E-state index is 12.8. The first kappa shape index (κ1) is 7.26. The van der Waals surface area contributed by atoms with Gasteiger partial charge in [0.25, 0.3) is 0 Å². The van der Waals surface area contributed by atoms with E-state index in [2.05, 4.69) is 0 Å². The Morgan fingerprint density at radius 2 is 2.10 bits per heavy atom. The van der Waals surface area contributed by atoms with Gasteiger partial charge >= 0.3 is 0 Å². The first-order valence-electron chi connectivity index (χ1n) is 3.49. The third-order valence-electron chi connectivity index (χ3n) is 1.64. The smallest absolute Gasteiger partial charge is 0.126 e. The van der Waals surface area contributed by atoms with Crippen LogP contribution in [0.1, 0.15) is 18.1 Å². The second kappa shape index (κ2) is 2.82. The van der Waals surface area contributed by atoms with Crippen LogP contribution in [-0.2, 0) is 6.42 Å². The molecule has 54 valence electrons. The Kier molecular flexibility index (Phi) is 2.05. The van der Waals surface area contributed by atoms with Gasteiger partial charge < -0.3 is 0 Å². The van der Waals surface area contributed by atoms with E-state index in [0.717, 1.165) is 17.5 Å². The summed E-state index contributed by atoms with van der Waals surface area (Å²) in [6.45, 7) is 3.79. The van der Waals surface area contributed by atoms with Gasteiger partial charge in [-0.3, -0.25) is 0 Å². The molecule has 0 saturated carbocycles. The summed E-state index contributed by atoms with van der Waals surface area (Å²) in [4.78, 5) is 0. The molecule has 0 aliphatic heterocycles. The lowest BCUT2D eigenvalue weighted by Crippen LogP contribution is -1.85. The van der Waals surface area contributed by atoms with E-state index in [-0.39, 0.29) is 5.82 Å². The zero-order valence-corrected chi connectivity index (χ0v) is 6.32. The fourth-order valence-electron chi connectivity index (χ4n) is 0.856. The molecular weight excluding hydrogens is 127 g/mol. The Balaban J connectivity index is 3.04. The average molecular weight is 138 g/mol. The molecule has 0 atom stereocenters. The predicted molar refractivity (Wildman–Crippen MR) is 40.5 cm³/mol. The molecule has 0 fully saturated rings. The zero-order valence-electron chi connectivity index (χ0n) is 6.32. The van der Waals surface area contributed by atoms with Gasteiger partial charge in [0.1, 0.15) is 5.82 Å². The van der Waals surface area contributed by atoms with Crippen molar-refractivity contribution >= 4 is 0 Å². The molecule has 0 spiro atoms. The summed E-state index contributed by atoms with van der Waals surface area (Å²) < 4.78 is 12.8. The van der Waals surface area contributed by atoms with E-state index < -0.39 is 0 Å². The number of aryl methyl sites for hydroxylation is 2. The molecule has 0 aromatic heterocycles. The highest BCUT2D eigenvalue weighted by Gasteiger charge is 1.95. The van der Waals surface area contributed by atoms with Crippen molar-refractivity contribution < 1.29 is 4.39 Å². The standard InChI is InChI=1S/C9H11F/c1-3-8-5-4-7(2)9(10)6-8/h4-6H,3H2,1-2H3. The zero-order chi connectivity index (χ0) is 7.56. The highest BCUT2D eigenvalue weighted by atomic mass is 19.1. The van der Waals surface area contributed by atoms with Crippen LogP contribution in [0.4, 0.5) is 4.39 Å². The minimum Gasteiger partial charge on any atom is -0.207 e. The Morgan fingerprint density at radius 1 is 1.40 bits per heavy atom. The van der Waals surface area contributed by atoms with Gasteiger partial charge in [0.15, 0.2) is 0 Å². The lowest BCUT2D eigenvalue weighted by molar-refractivity contribution is 0.616. The molecule has 0 nitrogen and oxygen atoms in total. The highest BCUT2D eigenvalue weighted by molar-refractivity contribution is 5.22. The van der Waals surface area contributed by atoms with Crippen molar-refractivity contribution in [1.82, 2.24) is 0 Å².